The van der Waals surface area contributed by atoms with Gasteiger partial charge in [0.1, 0.15) is 6.33 Å². The number of nitrogens with one attached hydrogen (secondary N) is 1. The summed E-state index contributed by atoms with van der Waals surface area (Å²) in [5, 5.41) is 8.11. The Kier molecular flexibility index (Phi) is 2.45. The molecule has 0 aliphatic rings. The minimum atomic E-state index is 0.375. The van der Waals surface area contributed by atoms with E-state index in [0.29, 0.717) is 6.04 Å². The van der Waals surface area contributed by atoms with Crippen molar-refractivity contribution in [3.63, 3.8) is 0 Å². The van der Waals surface area contributed by atoms with Crippen LogP contribution in [-0.2, 0) is 0 Å². The van der Waals surface area contributed by atoms with Crippen molar-refractivity contribution < 1.29 is 0 Å². The van der Waals surface area contributed by atoms with Crippen LogP contribution >= 0.6 is 11.5 Å². The highest BCUT2D eigenvalue weighted by molar-refractivity contribution is 7.09. The highest BCUT2D eigenvalue weighted by Gasteiger charge is 2.02. The van der Waals surface area contributed by atoms with E-state index in [1.807, 2.05) is 10.9 Å². The van der Waals surface area contributed by atoms with Crippen molar-refractivity contribution in [2.45, 2.75) is 19.9 Å². The van der Waals surface area contributed by atoms with E-state index in [9.17, 15) is 0 Å². The maximum atomic E-state index is 4.21. The highest BCUT2D eigenvalue weighted by atomic mass is 32.1. The van der Waals surface area contributed by atoms with Gasteiger partial charge in [-0.15, -0.1) is 0 Å². The Morgan fingerprint density at radius 1 is 1.50 bits per heavy atom. The van der Waals surface area contributed by atoms with Gasteiger partial charge in [0.05, 0.1) is 11.9 Å². The Morgan fingerprint density at radius 3 is 2.93 bits per heavy atom. The van der Waals surface area contributed by atoms with E-state index < -0.39 is 0 Å². The maximum absolute atomic E-state index is 4.21. The average Bonchev–Trinajstić information content (AvgIpc) is 2.75. The van der Waals surface area contributed by atoms with Gasteiger partial charge < -0.3 is 5.32 Å². The van der Waals surface area contributed by atoms with Gasteiger partial charge in [0, 0.05) is 23.8 Å². The second-order valence-electron chi connectivity index (χ2n) is 3.17. The molecule has 0 aliphatic heterocycles. The molecule has 0 atom stereocenters. The van der Waals surface area contributed by atoms with Crippen molar-refractivity contribution in [1.82, 2.24) is 19.1 Å². The van der Waals surface area contributed by atoms with Crippen LogP contribution in [0.2, 0.25) is 0 Å². The molecule has 14 heavy (non-hydrogen) atoms. The van der Waals surface area contributed by atoms with Gasteiger partial charge in [0.2, 0.25) is 5.13 Å². The third kappa shape index (κ3) is 1.90. The average molecular weight is 209 g/mol. The Morgan fingerprint density at radius 2 is 2.36 bits per heavy atom. The predicted octanol–water partition coefficient (Wildman–Crippen LogP) is 2.06. The van der Waals surface area contributed by atoms with Crippen LogP contribution in [0.4, 0.5) is 10.8 Å². The summed E-state index contributed by atoms with van der Waals surface area (Å²) in [4.78, 5) is 4.02. The molecule has 0 amide bonds. The van der Waals surface area contributed by atoms with Crippen molar-refractivity contribution in [2.75, 3.05) is 5.32 Å². The zero-order chi connectivity index (χ0) is 9.97. The van der Waals surface area contributed by atoms with Gasteiger partial charge in [-0.3, -0.25) is 4.68 Å². The molecule has 6 heteroatoms. The zero-order valence-corrected chi connectivity index (χ0v) is 8.82. The fourth-order valence-corrected chi connectivity index (χ4v) is 1.49. The Hall–Kier alpha value is -1.43. The van der Waals surface area contributed by atoms with E-state index in [1.54, 1.807) is 6.20 Å². The third-order valence-electron chi connectivity index (χ3n) is 1.74. The minimum Gasteiger partial charge on any atom is -0.328 e. The van der Waals surface area contributed by atoms with Crippen LogP contribution in [0.25, 0.3) is 0 Å². The molecule has 0 bridgehead atoms. The lowest BCUT2D eigenvalue weighted by Crippen LogP contribution is -1.99. The molecule has 0 saturated carbocycles. The number of rotatable bonds is 3. The molecule has 2 heterocycles. The monoisotopic (exact) mass is 209 g/mol. The molecular weight excluding hydrogens is 198 g/mol. The normalized spacial score (nSPS) is 10.8. The fraction of sp³-hybridized carbons (Fsp3) is 0.375. The van der Waals surface area contributed by atoms with Crippen LogP contribution in [0.5, 0.6) is 0 Å². The second-order valence-corrected chi connectivity index (χ2v) is 3.95. The topological polar surface area (TPSA) is 55.6 Å². The molecule has 0 fully saturated rings. The van der Waals surface area contributed by atoms with Crippen molar-refractivity contribution in [2.24, 2.45) is 0 Å². The lowest BCUT2D eigenvalue weighted by molar-refractivity contribution is 0.532. The molecule has 0 spiro atoms. The number of nitrogens with zero attached hydrogens (tertiary/aromatic N) is 4. The van der Waals surface area contributed by atoms with Crippen LogP contribution in [0, 0.1) is 0 Å². The quantitative estimate of drug-likeness (QED) is 0.840. The summed E-state index contributed by atoms with van der Waals surface area (Å²) >= 11 is 1.33. The van der Waals surface area contributed by atoms with Crippen LogP contribution in [0.15, 0.2) is 18.7 Å². The third-order valence-corrected chi connectivity index (χ3v) is 2.32. The molecule has 0 aromatic carbocycles. The van der Waals surface area contributed by atoms with E-state index in [2.05, 4.69) is 33.6 Å². The molecule has 0 aliphatic carbocycles. The molecular formula is C8H11N5S. The summed E-state index contributed by atoms with van der Waals surface area (Å²) in [5.74, 6) is 0. The van der Waals surface area contributed by atoms with E-state index in [-0.39, 0.29) is 0 Å². The lowest BCUT2D eigenvalue weighted by atomic mass is 10.4. The molecule has 2 aromatic rings. The number of anilines is 2. The van der Waals surface area contributed by atoms with Gasteiger partial charge in [-0.25, -0.2) is 4.98 Å². The Bertz CT molecular complexity index is 392. The number of aromatic nitrogens is 4. The van der Waals surface area contributed by atoms with Gasteiger partial charge in [0.15, 0.2) is 0 Å². The second kappa shape index (κ2) is 3.75. The van der Waals surface area contributed by atoms with Crippen LogP contribution < -0.4 is 5.32 Å². The van der Waals surface area contributed by atoms with Crippen molar-refractivity contribution in [1.29, 1.82) is 0 Å². The standard InChI is InChI=1S/C8H11N5S/c1-6(2)13-4-7(3-10-13)12-8-9-5-11-14-8/h3-6H,1-2H3,(H,9,11,12). The molecule has 5 nitrogen and oxygen atoms in total. The summed E-state index contributed by atoms with van der Waals surface area (Å²) in [6.07, 6.45) is 5.26. The van der Waals surface area contributed by atoms with Gasteiger partial charge in [0.25, 0.3) is 0 Å². The summed E-state index contributed by atoms with van der Waals surface area (Å²) in [6, 6.07) is 0.375. The summed E-state index contributed by atoms with van der Waals surface area (Å²) in [6.45, 7) is 4.17. The van der Waals surface area contributed by atoms with Crippen LogP contribution in [0.1, 0.15) is 19.9 Å². The van der Waals surface area contributed by atoms with Gasteiger partial charge in [-0.1, -0.05) is 0 Å². The Labute approximate surface area is 86.0 Å². The lowest BCUT2D eigenvalue weighted by Gasteiger charge is -2.02. The molecule has 2 aromatic heterocycles. The first-order valence-corrected chi connectivity index (χ1v) is 5.11. The SMILES string of the molecule is CC(C)n1cc(Nc2ncns2)cn1. The largest absolute Gasteiger partial charge is 0.328 e. The van der Waals surface area contributed by atoms with Gasteiger partial charge in [-0.2, -0.15) is 9.47 Å². The molecule has 0 radical (unpaired) electrons. The van der Waals surface area contributed by atoms with Gasteiger partial charge >= 0.3 is 0 Å². The van der Waals surface area contributed by atoms with Crippen molar-refractivity contribution in [3.05, 3.63) is 18.7 Å². The molecule has 2 rings (SSSR count). The van der Waals surface area contributed by atoms with E-state index in [1.165, 1.54) is 17.9 Å². The summed E-state index contributed by atoms with van der Waals surface area (Å²) in [5.41, 5.74) is 0.940. The van der Waals surface area contributed by atoms with Crippen molar-refractivity contribution in [3.8, 4) is 0 Å². The van der Waals surface area contributed by atoms with Crippen molar-refractivity contribution >= 4 is 22.4 Å². The predicted molar refractivity (Wildman–Crippen MR) is 55.8 cm³/mol. The van der Waals surface area contributed by atoms with E-state index in [4.69, 9.17) is 0 Å². The van der Waals surface area contributed by atoms with E-state index >= 15 is 0 Å². The summed E-state index contributed by atoms with van der Waals surface area (Å²) in [7, 11) is 0. The highest BCUT2D eigenvalue weighted by Crippen LogP contribution is 2.17. The maximum Gasteiger partial charge on any atom is 0.206 e. The fourth-order valence-electron chi connectivity index (χ4n) is 1.04. The molecule has 1 N–H and O–H groups in total. The first-order chi connectivity index (χ1) is 6.75. The molecule has 0 unspecified atom stereocenters. The van der Waals surface area contributed by atoms with Crippen LogP contribution in [-0.4, -0.2) is 19.1 Å². The zero-order valence-electron chi connectivity index (χ0n) is 8.01. The first-order valence-electron chi connectivity index (χ1n) is 4.33. The van der Waals surface area contributed by atoms with Crippen LogP contribution in [0.3, 0.4) is 0 Å². The first kappa shape index (κ1) is 9.14. The molecule has 74 valence electrons. The molecule has 0 saturated heterocycles. The number of hydrogen-bond acceptors (Lipinski definition) is 5. The van der Waals surface area contributed by atoms with Gasteiger partial charge in [-0.05, 0) is 13.8 Å². The van der Waals surface area contributed by atoms with E-state index in [0.717, 1.165) is 10.8 Å². The minimum absolute atomic E-state index is 0.375. The smallest absolute Gasteiger partial charge is 0.206 e. The Balaban J connectivity index is 2.11. The number of hydrogen-bond donors (Lipinski definition) is 1. The summed E-state index contributed by atoms with van der Waals surface area (Å²) < 4.78 is 5.79.